The van der Waals surface area contributed by atoms with E-state index in [4.69, 9.17) is 0 Å². The van der Waals surface area contributed by atoms with Crippen molar-refractivity contribution < 1.29 is 4.79 Å². The summed E-state index contributed by atoms with van der Waals surface area (Å²) >= 11 is 1.68. The van der Waals surface area contributed by atoms with Crippen molar-refractivity contribution in [3.8, 4) is 21.7 Å². The van der Waals surface area contributed by atoms with Gasteiger partial charge in [-0.1, -0.05) is 36.4 Å². The first-order valence-electron chi connectivity index (χ1n) is 10.0. The lowest BCUT2D eigenvalue weighted by atomic mass is 10.1. The molecule has 0 radical (unpaired) electrons. The standard InChI is InChI=1S/C25H20N4OS/c30-25(28-16-21-10-9-20(15-27-21)19-6-3-11-26-14-19)17-29-22-7-2-1-5-18(22)13-23(29)24-8-4-12-31-24/h1-15H,16-17H2,(H,28,30). The van der Waals surface area contributed by atoms with Gasteiger partial charge in [-0.2, -0.15) is 0 Å². The molecule has 1 amide bonds. The fourth-order valence-electron chi connectivity index (χ4n) is 3.63. The average Bonchev–Trinajstić information content (AvgIpc) is 3.47. The van der Waals surface area contributed by atoms with E-state index in [1.54, 1.807) is 17.5 Å². The number of hydrogen-bond donors (Lipinski definition) is 1. The van der Waals surface area contributed by atoms with Gasteiger partial charge in [-0.3, -0.25) is 14.8 Å². The molecule has 5 rings (SSSR count). The summed E-state index contributed by atoms with van der Waals surface area (Å²) < 4.78 is 2.08. The van der Waals surface area contributed by atoms with Crippen LogP contribution in [0.15, 0.2) is 90.7 Å². The molecule has 5 nitrogen and oxygen atoms in total. The summed E-state index contributed by atoms with van der Waals surface area (Å²) in [7, 11) is 0. The van der Waals surface area contributed by atoms with Crippen molar-refractivity contribution in [2.45, 2.75) is 13.1 Å². The van der Waals surface area contributed by atoms with E-state index in [0.717, 1.165) is 38.3 Å². The summed E-state index contributed by atoms with van der Waals surface area (Å²) in [5.41, 5.74) is 4.95. The third-order valence-corrected chi connectivity index (χ3v) is 6.06. The van der Waals surface area contributed by atoms with Gasteiger partial charge in [0.2, 0.25) is 5.91 Å². The Bertz CT molecular complexity index is 1310. The number of pyridine rings is 2. The number of aromatic nitrogens is 3. The number of fused-ring (bicyclic) bond motifs is 1. The fourth-order valence-corrected chi connectivity index (χ4v) is 4.38. The van der Waals surface area contributed by atoms with E-state index in [-0.39, 0.29) is 12.5 Å². The van der Waals surface area contributed by atoms with Crippen molar-refractivity contribution in [1.29, 1.82) is 0 Å². The van der Waals surface area contributed by atoms with Gasteiger partial charge < -0.3 is 9.88 Å². The van der Waals surface area contributed by atoms with Crippen LogP contribution in [0.4, 0.5) is 0 Å². The first kappa shape index (κ1) is 19.2. The molecule has 1 N–H and O–H groups in total. The van der Waals surface area contributed by atoms with Crippen molar-refractivity contribution in [3.05, 3.63) is 96.4 Å². The SMILES string of the molecule is O=C(Cn1c(-c2cccs2)cc2ccccc21)NCc1ccc(-c2cccnc2)cn1. The van der Waals surface area contributed by atoms with Crippen molar-refractivity contribution in [2.24, 2.45) is 0 Å². The number of carbonyl (C=O) groups is 1. The van der Waals surface area contributed by atoms with E-state index in [1.165, 1.54) is 0 Å². The van der Waals surface area contributed by atoms with Gasteiger partial charge in [-0.15, -0.1) is 11.3 Å². The Kier molecular flexibility index (Phi) is 5.29. The van der Waals surface area contributed by atoms with E-state index in [9.17, 15) is 4.79 Å². The molecule has 0 fully saturated rings. The van der Waals surface area contributed by atoms with Gasteiger partial charge in [0.15, 0.2) is 0 Å². The number of para-hydroxylation sites is 1. The molecule has 0 atom stereocenters. The predicted molar refractivity (Wildman–Crippen MR) is 125 cm³/mol. The Morgan fingerprint density at radius 2 is 1.87 bits per heavy atom. The third-order valence-electron chi connectivity index (χ3n) is 5.17. The molecule has 0 aliphatic carbocycles. The molecule has 4 heterocycles. The zero-order chi connectivity index (χ0) is 21.0. The number of nitrogens with zero attached hydrogens (tertiary/aromatic N) is 3. The van der Waals surface area contributed by atoms with Crippen molar-refractivity contribution >= 4 is 28.1 Å². The minimum atomic E-state index is -0.0442. The summed E-state index contributed by atoms with van der Waals surface area (Å²) in [4.78, 5) is 22.5. The first-order chi connectivity index (χ1) is 15.3. The maximum absolute atomic E-state index is 12.8. The Labute approximate surface area is 184 Å². The topological polar surface area (TPSA) is 59.8 Å². The van der Waals surface area contributed by atoms with Crippen LogP contribution < -0.4 is 5.32 Å². The van der Waals surface area contributed by atoms with Crippen LogP contribution in [0.3, 0.4) is 0 Å². The highest BCUT2D eigenvalue weighted by atomic mass is 32.1. The van der Waals surface area contributed by atoms with Crippen LogP contribution in [-0.2, 0) is 17.9 Å². The number of amides is 1. The van der Waals surface area contributed by atoms with Gasteiger partial charge in [-0.05, 0) is 35.7 Å². The van der Waals surface area contributed by atoms with E-state index in [1.807, 2.05) is 54.9 Å². The van der Waals surface area contributed by atoms with Crippen molar-refractivity contribution in [1.82, 2.24) is 19.9 Å². The molecular weight excluding hydrogens is 404 g/mol. The lowest BCUT2D eigenvalue weighted by Gasteiger charge is -2.11. The highest BCUT2D eigenvalue weighted by Gasteiger charge is 2.14. The molecule has 0 bridgehead atoms. The molecule has 0 unspecified atom stereocenters. The lowest BCUT2D eigenvalue weighted by Crippen LogP contribution is -2.27. The average molecular weight is 425 g/mol. The highest BCUT2D eigenvalue weighted by molar-refractivity contribution is 7.13. The maximum atomic E-state index is 12.8. The van der Waals surface area contributed by atoms with Crippen LogP contribution in [0.5, 0.6) is 0 Å². The zero-order valence-electron chi connectivity index (χ0n) is 16.7. The third kappa shape index (κ3) is 4.11. The Morgan fingerprint density at radius 3 is 2.65 bits per heavy atom. The zero-order valence-corrected chi connectivity index (χ0v) is 17.5. The second kappa shape index (κ2) is 8.53. The molecular formula is C25H20N4OS. The normalized spacial score (nSPS) is 11.0. The fraction of sp³-hybridized carbons (Fsp3) is 0.0800. The first-order valence-corrected chi connectivity index (χ1v) is 10.9. The Balaban J connectivity index is 1.30. The van der Waals surface area contributed by atoms with Gasteiger partial charge in [-0.25, -0.2) is 0 Å². The molecule has 31 heavy (non-hydrogen) atoms. The monoisotopic (exact) mass is 424 g/mol. The Hall–Kier alpha value is -3.77. The quantitative estimate of drug-likeness (QED) is 0.410. The Morgan fingerprint density at radius 1 is 0.968 bits per heavy atom. The second-order valence-corrected chi connectivity index (χ2v) is 8.16. The van der Waals surface area contributed by atoms with Gasteiger partial charge in [0.25, 0.3) is 0 Å². The minimum Gasteiger partial charge on any atom is -0.349 e. The maximum Gasteiger partial charge on any atom is 0.240 e. The van der Waals surface area contributed by atoms with Crippen LogP contribution in [0.1, 0.15) is 5.69 Å². The summed E-state index contributed by atoms with van der Waals surface area (Å²) in [5, 5.41) is 6.19. The summed E-state index contributed by atoms with van der Waals surface area (Å²) in [5.74, 6) is -0.0442. The van der Waals surface area contributed by atoms with Crippen LogP contribution in [-0.4, -0.2) is 20.4 Å². The number of carbonyl (C=O) groups excluding carboxylic acids is 1. The lowest BCUT2D eigenvalue weighted by molar-refractivity contribution is -0.121. The second-order valence-electron chi connectivity index (χ2n) is 7.21. The largest absolute Gasteiger partial charge is 0.349 e. The number of thiophene rings is 1. The van der Waals surface area contributed by atoms with Crippen LogP contribution >= 0.6 is 11.3 Å². The van der Waals surface area contributed by atoms with Crippen LogP contribution in [0, 0.1) is 0 Å². The summed E-state index contributed by atoms with van der Waals surface area (Å²) in [6.45, 7) is 0.647. The van der Waals surface area contributed by atoms with Crippen molar-refractivity contribution in [3.63, 3.8) is 0 Å². The molecule has 6 heteroatoms. The van der Waals surface area contributed by atoms with E-state index in [2.05, 4.69) is 49.5 Å². The van der Waals surface area contributed by atoms with E-state index < -0.39 is 0 Å². The number of rotatable bonds is 6. The number of benzene rings is 1. The number of hydrogen-bond acceptors (Lipinski definition) is 4. The molecule has 0 saturated heterocycles. The van der Waals surface area contributed by atoms with Gasteiger partial charge in [0, 0.05) is 40.6 Å². The molecule has 1 aromatic carbocycles. The number of nitrogens with one attached hydrogen (secondary N) is 1. The minimum absolute atomic E-state index is 0.0442. The molecule has 5 aromatic rings. The van der Waals surface area contributed by atoms with Gasteiger partial charge in [0.05, 0.1) is 22.8 Å². The van der Waals surface area contributed by atoms with Crippen LogP contribution in [0.25, 0.3) is 32.6 Å². The van der Waals surface area contributed by atoms with Gasteiger partial charge >= 0.3 is 0 Å². The highest BCUT2D eigenvalue weighted by Crippen LogP contribution is 2.31. The molecule has 0 saturated carbocycles. The molecule has 4 aromatic heterocycles. The smallest absolute Gasteiger partial charge is 0.240 e. The van der Waals surface area contributed by atoms with E-state index in [0.29, 0.717) is 6.54 Å². The molecule has 0 aliphatic heterocycles. The summed E-state index contributed by atoms with van der Waals surface area (Å²) in [6.07, 6.45) is 5.37. The molecule has 0 spiro atoms. The van der Waals surface area contributed by atoms with Gasteiger partial charge in [0.1, 0.15) is 6.54 Å². The van der Waals surface area contributed by atoms with E-state index >= 15 is 0 Å². The van der Waals surface area contributed by atoms with Crippen molar-refractivity contribution in [2.75, 3.05) is 0 Å². The van der Waals surface area contributed by atoms with Crippen LogP contribution in [0.2, 0.25) is 0 Å². The molecule has 0 aliphatic rings. The predicted octanol–water partition coefficient (Wildman–Crippen LogP) is 5.14. The summed E-state index contributed by atoms with van der Waals surface area (Å²) in [6, 6.07) is 22.3. The molecule has 152 valence electrons.